The molecule has 0 saturated carbocycles. The summed E-state index contributed by atoms with van der Waals surface area (Å²) in [6.07, 6.45) is 2.01. The highest BCUT2D eigenvalue weighted by Crippen LogP contribution is 2.26. The van der Waals surface area contributed by atoms with Gasteiger partial charge in [0.2, 0.25) is 0 Å². The van der Waals surface area contributed by atoms with Crippen LogP contribution in [0.4, 0.5) is 0 Å². The Balaban J connectivity index is 4.93. The lowest BCUT2D eigenvalue weighted by atomic mass is 9.84. The van der Waals surface area contributed by atoms with Crippen molar-refractivity contribution in [3.63, 3.8) is 0 Å². The lowest BCUT2D eigenvalue weighted by Crippen LogP contribution is -2.60. The normalized spacial score (nSPS) is 17.2. The van der Waals surface area contributed by atoms with Crippen LogP contribution >= 0.6 is 0 Å². The monoisotopic (exact) mass is 227 g/mol. The van der Waals surface area contributed by atoms with E-state index in [0.717, 1.165) is 25.9 Å². The lowest BCUT2D eigenvalue weighted by Gasteiger charge is -2.45. The predicted molar refractivity (Wildman–Crippen MR) is 72.2 cm³/mol. The predicted octanol–water partition coefficient (Wildman–Crippen LogP) is 2.29. The first kappa shape index (κ1) is 15.6. The number of hydrazine groups is 1. The fraction of sp³-hybridized carbons (Fsp3) is 0.846. The van der Waals surface area contributed by atoms with Gasteiger partial charge in [0.05, 0.1) is 0 Å². The van der Waals surface area contributed by atoms with E-state index >= 15 is 0 Å². The van der Waals surface area contributed by atoms with Crippen molar-refractivity contribution in [2.75, 3.05) is 13.1 Å². The Kier molecular flexibility index (Phi) is 6.88. The van der Waals surface area contributed by atoms with Gasteiger partial charge in [0.1, 0.15) is 0 Å². The average Bonchev–Trinajstić information content (AvgIpc) is 2.26. The van der Waals surface area contributed by atoms with E-state index in [1.54, 1.807) is 0 Å². The van der Waals surface area contributed by atoms with Crippen LogP contribution in [-0.4, -0.2) is 29.6 Å². The highest BCUT2D eigenvalue weighted by molar-refractivity contribution is 5.02. The van der Waals surface area contributed by atoms with E-state index in [1.807, 2.05) is 0 Å². The summed E-state index contributed by atoms with van der Waals surface area (Å²) in [5.41, 5.74) is 4.24. The molecule has 3 heteroatoms. The molecule has 0 amide bonds. The summed E-state index contributed by atoms with van der Waals surface area (Å²) in [7, 11) is 0. The van der Waals surface area contributed by atoms with E-state index < -0.39 is 0 Å². The molecule has 0 aliphatic heterocycles. The molecule has 0 aliphatic rings. The van der Waals surface area contributed by atoms with Crippen LogP contribution in [0.25, 0.3) is 0 Å². The number of nitrogens with one attached hydrogen (secondary N) is 1. The molecule has 2 atom stereocenters. The van der Waals surface area contributed by atoms with E-state index in [2.05, 4.69) is 51.5 Å². The van der Waals surface area contributed by atoms with Gasteiger partial charge in [-0.25, -0.2) is 0 Å². The standard InChI is InChI=1S/C13H29N3/c1-7-13(6,16(8-2)9-3)12(15-14)10-11(4)5/h12,15H,4,7-10,14H2,1-3,5-6H3. The summed E-state index contributed by atoms with van der Waals surface area (Å²) in [6.45, 7) is 17.1. The van der Waals surface area contributed by atoms with Gasteiger partial charge in [-0.2, -0.15) is 0 Å². The molecule has 0 radical (unpaired) electrons. The van der Waals surface area contributed by atoms with Gasteiger partial charge in [0.25, 0.3) is 0 Å². The molecule has 2 unspecified atom stereocenters. The average molecular weight is 227 g/mol. The van der Waals surface area contributed by atoms with Gasteiger partial charge >= 0.3 is 0 Å². The Morgan fingerprint density at radius 2 is 1.88 bits per heavy atom. The van der Waals surface area contributed by atoms with E-state index in [0.29, 0.717) is 0 Å². The minimum absolute atomic E-state index is 0.0944. The van der Waals surface area contributed by atoms with Gasteiger partial charge < -0.3 is 0 Å². The SMILES string of the molecule is C=C(C)CC(NN)C(C)(CC)N(CC)CC. The topological polar surface area (TPSA) is 41.3 Å². The third kappa shape index (κ3) is 3.58. The zero-order valence-electron chi connectivity index (χ0n) is 11.6. The van der Waals surface area contributed by atoms with Crippen molar-refractivity contribution in [1.29, 1.82) is 0 Å². The van der Waals surface area contributed by atoms with Crippen LogP contribution < -0.4 is 11.3 Å². The zero-order valence-corrected chi connectivity index (χ0v) is 11.6. The van der Waals surface area contributed by atoms with Crippen molar-refractivity contribution < 1.29 is 0 Å². The summed E-state index contributed by atoms with van der Waals surface area (Å²) < 4.78 is 0. The molecular weight excluding hydrogens is 198 g/mol. The largest absolute Gasteiger partial charge is 0.297 e. The minimum Gasteiger partial charge on any atom is -0.297 e. The van der Waals surface area contributed by atoms with Gasteiger partial charge in [-0.05, 0) is 39.8 Å². The molecule has 0 fully saturated rings. The molecule has 16 heavy (non-hydrogen) atoms. The number of hydrogen-bond acceptors (Lipinski definition) is 3. The van der Waals surface area contributed by atoms with E-state index in [-0.39, 0.29) is 11.6 Å². The van der Waals surface area contributed by atoms with Crippen LogP contribution in [0.2, 0.25) is 0 Å². The fourth-order valence-electron chi connectivity index (χ4n) is 2.44. The smallest absolute Gasteiger partial charge is 0.0428 e. The van der Waals surface area contributed by atoms with E-state index in [4.69, 9.17) is 5.84 Å². The third-order valence-electron chi connectivity index (χ3n) is 3.71. The van der Waals surface area contributed by atoms with Crippen molar-refractivity contribution >= 4 is 0 Å². The molecular formula is C13H29N3. The number of rotatable bonds is 8. The van der Waals surface area contributed by atoms with Crippen molar-refractivity contribution in [3.8, 4) is 0 Å². The number of hydrogen-bond donors (Lipinski definition) is 2. The van der Waals surface area contributed by atoms with E-state index in [9.17, 15) is 0 Å². The number of nitrogens with zero attached hydrogens (tertiary/aromatic N) is 1. The molecule has 0 saturated heterocycles. The van der Waals surface area contributed by atoms with Crippen LogP contribution in [0.15, 0.2) is 12.2 Å². The summed E-state index contributed by atoms with van der Waals surface area (Å²) in [5, 5.41) is 0. The van der Waals surface area contributed by atoms with Gasteiger partial charge in [0.15, 0.2) is 0 Å². The number of likely N-dealkylation sites (N-methyl/N-ethyl adjacent to an activating group) is 1. The first-order valence-electron chi connectivity index (χ1n) is 6.31. The Bertz CT molecular complexity index is 211. The summed E-state index contributed by atoms with van der Waals surface area (Å²) in [6, 6.07) is 0.259. The maximum absolute atomic E-state index is 5.71. The van der Waals surface area contributed by atoms with Crippen LogP contribution in [0.1, 0.15) is 47.5 Å². The minimum atomic E-state index is 0.0944. The summed E-state index contributed by atoms with van der Waals surface area (Å²) >= 11 is 0. The molecule has 3 nitrogen and oxygen atoms in total. The van der Waals surface area contributed by atoms with Gasteiger partial charge in [-0.15, -0.1) is 6.58 Å². The van der Waals surface area contributed by atoms with Crippen molar-refractivity contribution in [2.45, 2.75) is 59.0 Å². The Hall–Kier alpha value is -0.380. The Labute approximate surface area is 101 Å². The van der Waals surface area contributed by atoms with Crippen molar-refractivity contribution in [1.82, 2.24) is 10.3 Å². The van der Waals surface area contributed by atoms with Crippen LogP contribution in [0.3, 0.4) is 0 Å². The van der Waals surface area contributed by atoms with Gasteiger partial charge in [-0.3, -0.25) is 16.2 Å². The van der Waals surface area contributed by atoms with Crippen molar-refractivity contribution in [2.24, 2.45) is 5.84 Å². The molecule has 0 aliphatic carbocycles. The van der Waals surface area contributed by atoms with Crippen LogP contribution in [-0.2, 0) is 0 Å². The molecule has 96 valence electrons. The van der Waals surface area contributed by atoms with Crippen LogP contribution in [0.5, 0.6) is 0 Å². The first-order valence-corrected chi connectivity index (χ1v) is 6.31. The first-order chi connectivity index (χ1) is 7.46. The van der Waals surface area contributed by atoms with E-state index in [1.165, 1.54) is 5.57 Å². The maximum Gasteiger partial charge on any atom is 0.0428 e. The van der Waals surface area contributed by atoms with Gasteiger partial charge in [-0.1, -0.05) is 26.3 Å². The summed E-state index contributed by atoms with van der Waals surface area (Å²) in [4.78, 5) is 2.47. The fourth-order valence-corrected chi connectivity index (χ4v) is 2.44. The lowest BCUT2D eigenvalue weighted by molar-refractivity contribution is 0.0701. The molecule has 0 heterocycles. The molecule has 0 bridgehead atoms. The molecule has 3 N–H and O–H groups in total. The number of nitrogens with two attached hydrogens (primary N) is 1. The second-order valence-electron chi connectivity index (χ2n) is 4.76. The molecule has 0 aromatic heterocycles. The second-order valence-corrected chi connectivity index (χ2v) is 4.76. The molecule has 0 aromatic carbocycles. The maximum atomic E-state index is 5.71. The zero-order chi connectivity index (χ0) is 12.8. The Morgan fingerprint density at radius 1 is 1.38 bits per heavy atom. The quantitative estimate of drug-likeness (QED) is 0.380. The molecule has 0 rings (SSSR count). The van der Waals surface area contributed by atoms with Crippen molar-refractivity contribution in [3.05, 3.63) is 12.2 Å². The van der Waals surface area contributed by atoms with Crippen LogP contribution in [0, 0.1) is 0 Å². The highest BCUT2D eigenvalue weighted by Gasteiger charge is 2.36. The molecule has 0 spiro atoms. The second kappa shape index (κ2) is 7.05. The molecule has 0 aromatic rings. The van der Waals surface area contributed by atoms with Gasteiger partial charge in [0, 0.05) is 11.6 Å². The Morgan fingerprint density at radius 3 is 2.12 bits per heavy atom. The summed E-state index contributed by atoms with van der Waals surface area (Å²) in [5.74, 6) is 5.71. The third-order valence-corrected chi connectivity index (χ3v) is 3.71. The highest BCUT2D eigenvalue weighted by atomic mass is 15.3.